The Balaban J connectivity index is 4.04. The van der Waals surface area contributed by atoms with Crippen LogP contribution in [-0.2, 0) is 9.53 Å². The van der Waals surface area contributed by atoms with Crippen LogP contribution in [0.2, 0.25) is 0 Å². The fraction of sp³-hybridized carbons (Fsp3) is 0.500. The van der Waals surface area contributed by atoms with Gasteiger partial charge in [0.1, 0.15) is 0 Å². The summed E-state index contributed by atoms with van der Waals surface area (Å²) in [6, 6.07) is 0. The molecule has 3 N–H and O–H groups in total. The molecule has 5 nitrogen and oxygen atoms in total. The summed E-state index contributed by atoms with van der Waals surface area (Å²) in [5, 5.41) is 25.4. The second-order valence-corrected chi connectivity index (χ2v) is 2.16. The van der Waals surface area contributed by atoms with E-state index in [2.05, 4.69) is 4.74 Å². The van der Waals surface area contributed by atoms with E-state index in [0.717, 1.165) is 13.2 Å². The third kappa shape index (κ3) is 5.38. The number of carbonyl (C=O) groups is 1. The molecule has 11 heavy (non-hydrogen) atoms. The van der Waals surface area contributed by atoms with Crippen LogP contribution in [0.5, 0.6) is 0 Å². The van der Waals surface area contributed by atoms with Gasteiger partial charge in [-0.15, -0.1) is 0 Å². The lowest BCUT2D eigenvalue weighted by Crippen LogP contribution is -2.24. The van der Waals surface area contributed by atoms with Gasteiger partial charge in [0.05, 0.1) is 11.8 Å². The molecule has 5 heteroatoms. The highest BCUT2D eigenvalue weighted by atomic mass is 16.8. The molecule has 0 spiro atoms. The summed E-state index contributed by atoms with van der Waals surface area (Å²) in [6.45, 7) is 2.24. The zero-order chi connectivity index (χ0) is 9.07. The second-order valence-electron chi connectivity index (χ2n) is 2.16. The highest BCUT2D eigenvalue weighted by Crippen LogP contribution is 2.02. The molecular formula is C6H10O5. The first-order valence-electron chi connectivity index (χ1n) is 2.85. The number of aliphatic carboxylic acids is 1. The summed E-state index contributed by atoms with van der Waals surface area (Å²) in [7, 11) is 0. The van der Waals surface area contributed by atoms with E-state index in [1.54, 1.807) is 0 Å². The van der Waals surface area contributed by atoms with Crippen LogP contribution >= 0.6 is 0 Å². The van der Waals surface area contributed by atoms with Crippen LogP contribution in [0.25, 0.3) is 0 Å². The van der Waals surface area contributed by atoms with E-state index in [1.165, 1.54) is 6.92 Å². The minimum atomic E-state index is -2.32. The largest absolute Gasteiger partial charge is 0.478 e. The van der Waals surface area contributed by atoms with Gasteiger partial charge in [0.25, 0.3) is 0 Å². The van der Waals surface area contributed by atoms with Crippen molar-refractivity contribution < 1.29 is 24.9 Å². The van der Waals surface area contributed by atoms with Crippen LogP contribution in [0.3, 0.4) is 0 Å². The Hall–Kier alpha value is -1.07. The maximum Gasteiger partial charge on any atom is 0.334 e. The van der Waals surface area contributed by atoms with Crippen molar-refractivity contribution in [2.45, 2.75) is 19.8 Å². The van der Waals surface area contributed by atoms with Gasteiger partial charge in [-0.2, -0.15) is 0 Å². The van der Waals surface area contributed by atoms with Crippen molar-refractivity contribution >= 4 is 5.97 Å². The Morgan fingerprint density at radius 2 is 2.00 bits per heavy atom. The van der Waals surface area contributed by atoms with Crippen LogP contribution in [-0.4, -0.2) is 27.3 Å². The normalized spacial score (nSPS) is 12.9. The number of hydrogen-bond donors (Lipinski definition) is 3. The first-order valence-corrected chi connectivity index (χ1v) is 2.85. The van der Waals surface area contributed by atoms with Crippen molar-refractivity contribution in [2.24, 2.45) is 0 Å². The fourth-order valence-corrected chi connectivity index (χ4v) is 0.250. The highest BCUT2D eigenvalue weighted by Gasteiger charge is 2.14. The number of rotatable bonds is 3. The van der Waals surface area contributed by atoms with Crippen LogP contribution < -0.4 is 0 Å². The molecule has 0 saturated heterocycles. The molecule has 0 heterocycles. The monoisotopic (exact) mass is 162 g/mol. The molecule has 0 atom stereocenters. The molecule has 0 unspecified atom stereocenters. The van der Waals surface area contributed by atoms with Gasteiger partial charge in [0.15, 0.2) is 0 Å². The van der Waals surface area contributed by atoms with Crippen LogP contribution in [0.15, 0.2) is 11.8 Å². The lowest BCUT2D eigenvalue weighted by atomic mass is 10.3. The van der Waals surface area contributed by atoms with E-state index in [1.807, 2.05) is 0 Å². The zero-order valence-electron chi connectivity index (χ0n) is 6.24. The maximum atomic E-state index is 10.1. The topological polar surface area (TPSA) is 87.0 Å². The van der Waals surface area contributed by atoms with Crippen molar-refractivity contribution in [3.05, 3.63) is 11.8 Å². The predicted molar refractivity (Wildman–Crippen MR) is 35.3 cm³/mol. The van der Waals surface area contributed by atoms with Gasteiger partial charge in [-0.25, -0.2) is 4.79 Å². The van der Waals surface area contributed by atoms with E-state index >= 15 is 0 Å². The Kier molecular flexibility index (Phi) is 3.03. The predicted octanol–water partition coefficient (Wildman–Crippen LogP) is -0.350. The molecule has 0 aromatic carbocycles. The number of ether oxygens (including phenoxy) is 1. The quantitative estimate of drug-likeness (QED) is 0.300. The lowest BCUT2D eigenvalue weighted by Gasteiger charge is -2.14. The summed E-state index contributed by atoms with van der Waals surface area (Å²) in [6.07, 6.45) is 0.766. The Bertz CT molecular complexity index is 176. The van der Waals surface area contributed by atoms with Crippen LogP contribution in [0, 0.1) is 0 Å². The van der Waals surface area contributed by atoms with Gasteiger partial charge in [0.2, 0.25) is 0 Å². The molecule has 0 radical (unpaired) electrons. The number of carboxylic acid groups (broad SMARTS) is 1. The van der Waals surface area contributed by atoms with Gasteiger partial charge >= 0.3 is 11.9 Å². The summed E-state index contributed by atoms with van der Waals surface area (Å²) in [5.41, 5.74) is -0.112. The summed E-state index contributed by atoms with van der Waals surface area (Å²) in [5.74, 6) is -3.49. The molecule has 0 aliphatic carbocycles. The van der Waals surface area contributed by atoms with Crippen molar-refractivity contribution in [3.63, 3.8) is 0 Å². The minimum Gasteiger partial charge on any atom is -0.478 e. The van der Waals surface area contributed by atoms with Crippen molar-refractivity contribution in [3.8, 4) is 0 Å². The Morgan fingerprint density at radius 1 is 1.55 bits per heavy atom. The van der Waals surface area contributed by atoms with E-state index in [9.17, 15) is 4.79 Å². The SMILES string of the molecule is C/C(=C\OC(C)(O)O)C(=O)O. The molecule has 0 fully saturated rings. The summed E-state index contributed by atoms with van der Waals surface area (Å²) in [4.78, 5) is 10.1. The molecule has 0 aromatic rings. The second kappa shape index (κ2) is 3.36. The van der Waals surface area contributed by atoms with Gasteiger partial charge in [-0.1, -0.05) is 0 Å². The number of aliphatic hydroxyl groups is 2. The van der Waals surface area contributed by atoms with Crippen molar-refractivity contribution in [1.82, 2.24) is 0 Å². The van der Waals surface area contributed by atoms with E-state index in [0.29, 0.717) is 0 Å². The summed E-state index contributed by atoms with van der Waals surface area (Å²) >= 11 is 0. The van der Waals surface area contributed by atoms with Gasteiger partial charge < -0.3 is 20.1 Å². The zero-order valence-corrected chi connectivity index (χ0v) is 6.24. The number of hydrogen-bond acceptors (Lipinski definition) is 4. The Morgan fingerprint density at radius 3 is 2.27 bits per heavy atom. The Labute approximate surface area is 63.5 Å². The van der Waals surface area contributed by atoms with E-state index in [4.69, 9.17) is 15.3 Å². The average molecular weight is 162 g/mol. The van der Waals surface area contributed by atoms with E-state index in [-0.39, 0.29) is 5.57 Å². The first-order chi connectivity index (χ1) is 4.83. The van der Waals surface area contributed by atoms with Gasteiger partial charge in [-0.05, 0) is 6.92 Å². The molecule has 64 valence electrons. The minimum absolute atomic E-state index is 0.112. The van der Waals surface area contributed by atoms with Gasteiger partial charge in [0, 0.05) is 6.92 Å². The van der Waals surface area contributed by atoms with E-state index < -0.39 is 11.9 Å². The molecule has 0 saturated carbocycles. The van der Waals surface area contributed by atoms with Crippen molar-refractivity contribution in [1.29, 1.82) is 0 Å². The maximum absolute atomic E-state index is 10.1. The third-order valence-corrected chi connectivity index (χ3v) is 0.796. The molecule has 0 rings (SSSR count). The first kappa shape index (κ1) is 9.93. The highest BCUT2D eigenvalue weighted by molar-refractivity contribution is 5.85. The molecule has 0 aromatic heterocycles. The average Bonchev–Trinajstić information content (AvgIpc) is 1.80. The van der Waals surface area contributed by atoms with Crippen LogP contribution in [0.1, 0.15) is 13.8 Å². The third-order valence-electron chi connectivity index (χ3n) is 0.796. The van der Waals surface area contributed by atoms with Crippen molar-refractivity contribution in [2.75, 3.05) is 0 Å². The molecule has 0 amide bonds. The fourth-order valence-electron chi connectivity index (χ4n) is 0.250. The summed E-state index contributed by atoms with van der Waals surface area (Å²) < 4.78 is 4.22. The van der Waals surface area contributed by atoms with Gasteiger partial charge in [-0.3, -0.25) is 0 Å². The van der Waals surface area contributed by atoms with Crippen LogP contribution in [0.4, 0.5) is 0 Å². The molecular weight excluding hydrogens is 152 g/mol. The standard InChI is InChI=1S/C6H10O5/c1-4(5(7)8)3-11-6(2,9)10/h3,9-10H,1-2H3,(H,7,8)/b4-3+. The molecule has 0 bridgehead atoms. The molecule has 0 aliphatic heterocycles. The molecule has 0 aliphatic rings. The number of carboxylic acids is 1. The smallest absolute Gasteiger partial charge is 0.334 e. The lowest BCUT2D eigenvalue weighted by molar-refractivity contribution is -0.300.